The average molecular weight is 280 g/mol. The van der Waals surface area contributed by atoms with Gasteiger partial charge in [0.2, 0.25) is 5.95 Å². The monoisotopic (exact) mass is 280 g/mol. The van der Waals surface area contributed by atoms with Crippen molar-refractivity contribution in [3.8, 4) is 0 Å². The largest absolute Gasteiger partial charge is 0.382 e. The zero-order valence-electron chi connectivity index (χ0n) is 12.7. The van der Waals surface area contributed by atoms with Gasteiger partial charge in [0, 0.05) is 38.7 Å². The van der Waals surface area contributed by atoms with Crippen LogP contribution in [-0.2, 0) is 11.3 Å². The van der Waals surface area contributed by atoms with Crippen LogP contribution in [0.15, 0.2) is 12.4 Å². The molecule has 20 heavy (non-hydrogen) atoms. The molecule has 0 bridgehead atoms. The zero-order valence-corrected chi connectivity index (χ0v) is 12.7. The Morgan fingerprint density at radius 2 is 2.10 bits per heavy atom. The molecule has 2 heterocycles. The number of hydrogen-bond acceptors (Lipinski definition) is 4. The summed E-state index contributed by atoms with van der Waals surface area (Å²) in [5.41, 5.74) is 0. The molecular weight excluding hydrogens is 252 g/mol. The van der Waals surface area contributed by atoms with Gasteiger partial charge >= 0.3 is 0 Å². The second kappa shape index (κ2) is 8.97. The fraction of sp³-hybridized carbons (Fsp3) is 0.800. The number of aromatic nitrogens is 2. The van der Waals surface area contributed by atoms with Crippen LogP contribution in [0.25, 0.3) is 0 Å². The van der Waals surface area contributed by atoms with Crippen molar-refractivity contribution in [1.82, 2.24) is 14.5 Å². The third-order valence-electron chi connectivity index (χ3n) is 3.74. The molecular formula is C15H28N4O. The summed E-state index contributed by atoms with van der Waals surface area (Å²) in [4.78, 5) is 6.94. The van der Waals surface area contributed by atoms with E-state index in [-0.39, 0.29) is 0 Å². The van der Waals surface area contributed by atoms with Crippen LogP contribution in [0.5, 0.6) is 0 Å². The first-order valence-corrected chi connectivity index (χ1v) is 7.95. The van der Waals surface area contributed by atoms with Crippen molar-refractivity contribution in [3.63, 3.8) is 0 Å². The van der Waals surface area contributed by atoms with E-state index in [1.807, 2.05) is 13.1 Å². The smallest absolute Gasteiger partial charge is 0.202 e. The summed E-state index contributed by atoms with van der Waals surface area (Å²) in [7, 11) is 0. The van der Waals surface area contributed by atoms with Crippen LogP contribution in [0.1, 0.15) is 32.6 Å². The van der Waals surface area contributed by atoms with Gasteiger partial charge in [0.1, 0.15) is 0 Å². The van der Waals surface area contributed by atoms with E-state index in [0.29, 0.717) is 0 Å². The Morgan fingerprint density at radius 1 is 1.25 bits per heavy atom. The number of nitrogens with zero attached hydrogens (tertiary/aromatic N) is 3. The van der Waals surface area contributed by atoms with Gasteiger partial charge in [-0.25, -0.2) is 4.98 Å². The van der Waals surface area contributed by atoms with Crippen LogP contribution in [0, 0.1) is 0 Å². The molecule has 1 aromatic rings. The Morgan fingerprint density at radius 3 is 2.90 bits per heavy atom. The van der Waals surface area contributed by atoms with Gasteiger partial charge in [-0.2, -0.15) is 0 Å². The van der Waals surface area contributed by atoms with E-state index in [2.05, 4.69) is 26.0 Å². The normalized spacial score (nSPS) is 15.8. The highest BCUT2D eigenvalue weighted by atomic mass is 16.5. The first-order chi connectivity index (χ1) is 9.90. The Labute approximate surface area is 122 Å². The van der Waals surface area contributed by atoms with Gasteiger partial charge in [-0.3, -0.25) is 0 Å². The fourth-order valence-electron chi connectivity index (χ4n) is 2.65. The molecule has 114 valence electrons. The van der Waals surface area contributed by atoms with E-state index in [1.54, 1.807) is 0 Å². The van der Waals surface area contributed by atoms with Gasteiger partial charge in [0.25, 0.3) is 0 Å². The van der Waals surface area contributed by atoms with Crippen LogP contribution in [-0.4, -0.2) is 53.8 Å². The molecule has 1 aliphatic rings. The Balaban J connectivity index is 1.62. The lowest BCUT2D eigenvalue weighted by molar-refractivity contribution is 0.147. The average Bonchev–Trinajstić information content (AvgIpc) is 3.11. The summed E-state index contributed by atoms with van der Waals surface area (Å²) < 4.78 is 7.55. The second-order valence-corrected chi connectivity index (χ2v) is 5.32. The van der Waals surface area contributed by atoms with Crippen molar-refractivity contribution in [2.24, 2.45) is 0 Å². The van der Waals surface area contributed by atoms with Crippen LogP contribution in [0.3, 0.4) is 0 Å². The molecule has 0 aromatic carbocycles. The molecule has 0 atom stereocenters. The maximum Gasteiger partial charge on any atom is 0.202 e. The molecule has 2 rings (SSSR count). The molecule has 0 spiro atoms. The van der Waals surface area contributed by atoms with Gasteiger partial charge in [0.05, 0.1) is 0 Å². The van der Waals surface area contributed by atoms with E-state index in [1.165, 1.54) is 38.9 Å². The van der Waals surface area contributed by atoms with E-state index in [9.17, 15) is 0 Å². The van der Waals surface area contributed by atoms with Crippen molar-refractivity contribution in [3.05, 3.63) is 12.4 Å². The van der Waals surface area contributed by atoms with Gasteiger partial charge in [-0.05, 0) is 52.2 Å². The zero-order chi connectivity index (χ0) is 14.0. The lowest BCUT2D eigenvalue weighted by atomic mass is 10.4. The molecule has 5 nitrogen and oxygen atoms in total. The highest BCUT2D eigenvalue weighted by Crippen LogP contribution is 2.10. The highest BCUT2D eigenvalue weighted by Gasteiger charge is 2.10. The van der Waals surface area contributed by atoms with E-state index >= 15 is 0 Å². The van der Waals surface area contributed by atoms with Gasteiger partial charge < -0.3 is 19.5 Å². The number of imidazole rings is 1. The van der Waals surface area contributed by atoms with Crippen LogP contribution in [0.2, 0.25) is 0 Å². The van der Waals surface area contributed by atoms with Crippen LogP contribution >= 0.6 is 0 Å². The summed E-state index contributed by atoms with van der Waals surface area (Å²) in [5.74, 6) is 0.989. The number of anilines is 1. The Bertz CT molecular complexity index is 361. The minimum Gasteiger partial charge on any atom is -0.382 e. The minimum atomic E-state index is 0.797. The van der Waals surface area contributed by atoms with Gasteiger partial charge in [-0.15, -0.1) is 0 Å². The number of aryl methyl sites for hydroxylation is 1. The number of ether oxygens (including phenoxy) is 1. The van der Waals surface area contributed by atoms with Crippen LogP contribution in [0.4, 0.5) is 5.95 Å². The number of likely N-dealkylation sites (tertiary alicyclic amines) is 1. The minimum absolute atomic E-state index is 0.797. The molecule has 1 N–H and O–H groups in total. The number of hydrogen-bond donors (Lipinski definition) is 1. The first-order valence-electron chi connectivity index (χ1n) is 7.95. The number of nitrogens with one attached hydrogen (secondary N) is 1. The van der Waals surface area contributed by atoms with Gasteiger partial charge in [0.15, 0.2) is 0 Å². The van der Waals surface area contributed by atoms with Crippen molar-refractivity contribution in [2.45, 2.75) is 39.2 Å². The summed E-state index contributed by atoms with van der Waals surface area (Å²) in [6, 6.07) is 0. The molecule has 0 saturated carbocycles. The third kappa shape index (κ3) is 5.13. The van der Waals surface area contributed by atoms with E-state index in [4.69, 9.17) is 4.74 Å². The Kier molecular flexibility index (Phi) is 6.88. The standard InChI is InChI=1S/C15H28N4O/c1-2-20-14-5-7-16-15-17-8-13-19(15)12-6-11-18-9-3-4-10-18/h8,13H,2-7,9-12,14H2,1H3,(H,16,17). The maximum atomic E-state index is 5.33. The summed E-state index contributed by atoms with van der Waals surface area (Å²) >= 11 is 0. The molecule has 1 aromatic heterocycles. The predicted molar refractivity (Wildman–Crippen MR) is 82.1 cm³/mol. The van der Waals surface area contributed by atoms with Crippen molar-refractivity contribution in [1.29, 1.82) is 0 Å². The molecule has 0 radical (unpaired) electrons. The number of rotatable bonds is 10. The van der Waals surface area contributed by atoms with Crippen molar-refractivity contribution >= 4 is 5.95 Å². The SMILES string of the molecule is CCOCCCNc1nccn1CCCN1CCCC1. The molecule has 1 fully saturated rings. The lowest BCUT2D eigenvalue weighted by Crippen LogP contribution is -2.21. The Hall–Kier alpha value is -1.07. The van der Waals surface area contributed by atoms with Crippen molar-refractivity contribution in [2.75, 3.05) is 44.7 Å². The second-order valence-electron chi connectivity index (χ2n) is 5.32. The fourth-order valence-corrected chi connectivity index (χ4v) is 2.65. The molecule has 0 amide bonds. The third-order valence-corrected chi connectivity index (χ3v) is 3.74. The summed E-state index contributed by atoms with van der Waals surface area (Å²) in [5, 5.41) is 3.39. The predicted octanol–water partition coefficient (Wildman–Crippen LogP) is 2.21. The molecule has 5 heteroatoms. The topological polar surface area (TPSA) is 42.3 Å². The summed E-state index contributed by atoms with van der Waals surface area (Å²) in [6.45, 7) is 9.39. The first kappa shape index (κ1) is 15.3. The van der Waals surface area contributed by atoms with E-state index < -0.39 is 0 Å². The van der Waals surface area contributed by atoms with E-state index in [0.717, 1.165) is 38.7 Å². The maximum absolute atomic E-state index is 5.33. The molecule has 0 unspecified atom stereocenters. The highest BCUT2D eigenvalue weighted by molar-refractivity contribution is 5.25. The quantitative estimate of drug-likeness (QED) is 0.667. The molecule has 1 aliphatic heterocycles. The lowest BCUT2D eigenvalue weighted by Gasteiger charge is -2.15. The molecule has 1 saturated heterocycles. The summed E-state index contributed by atoms with van der Waals surface area (Å²) in [6.07, 6.45) is 8.91. The molecule has 0 aliphatic carbocycles. The van der Waals surface area contributed by atoms with Gasteiger partial charge in [-0.1, -0.05) is 0 Å². The van der Waals surface area contributed by atoms with Crippen LogP contribution < -0.4 is 5.32 Å². The van der Waals surface area contributed by atoms with Crippen molar-refractivity contribution < 1.29 is 4.74 Å².